The van der Waals surface area contributed by atoms with E-state index < -0.39 is 0 Å². The van der Waals surface area contributed by atoms with Crippen LogP contribution in [0.5, 0.6) is 5.75 Å². The van der Waals surface area contributed by atoms with Crippen molar-refractivity contribution in [1.29, 1.82) is 10.5 Å². The molecule has 3 aromatic carbocycles. The summed E-state index contributed by atoms with van der Waals surface area (Å²) in [5.74, 6) is 0.700. The molecular formula is C23H14Br2N2O. The Hall–Kier alpha value is -2.86. The molecule has 0 aromatic heterocycles. The molecular weight excluding hydrogens is 480 g/mol. The number of nitrogens with zero attached hydrogens (tertiary/aromatic N) is 2. The van der Waals surface area contributed by atoms with Gasteiger partial charge in [-0.1, -0.05) is 42.5 Å². The molecule has 0 saturated heterocycles. The maximum atomic E-state index is 9.56. The molecule has 0 atom stereocenters. The van der Waals surface area contributed by atoms with E-state index in [0.29, 0.717) is 29.1 Å². The minimum Gasteiger partial charge on any atom is -0.487 e. The molecule has 0 spiro atoms. The van der Waals surface area contributed by atoms with Crippen molar-refractivity contribution in [3.05, 3.63) is 97.9 Å². The van der Waals surface area contributed by atoms with Crippen LogP contribution in [-0.4, -0.2) is 0 Å². The van der Waals surface area contributed by atoms with E-state index >= 15 is 0 Å². The third-order valence-electron chi connectivity index (χ3n) is 3.98. The van der Waals surface area contributed by atoms with Crippen molar-refractivity contribution in [2.75, 3.05) is 0 Å². The summed E-state index contributed by atoms with van der Waals surface area (Å²) in [6.45, 7) is 0.456. The molecule has 0 aliphatic rings. The molecule has 0 N–H and O–H groups in total. The van der Waals surface area contributed by atoms with Crippen molar-refractivity contribution in [3.8, 4) is 17.9 Å². The smallest absolute Gasteiger partial charge is 0.148 e. The van der Waals surface area contributed by atoms with Gasteiger partial charge in [0.2, 0.25) is 0 Å². The molecule has 0 amide bonds. The molecule has 0 radical (unpaired) electrons. The molecule has 28 heavy (non-hydrogen) atoms. The topological polar surface area (TPSA) is 56.8 Å². The standard InChI is InChI=1S/C23H14Br2N2O/c24-21-11-18(10-20(14-27)19-8-4-7-17(9-19)13-26)12-22(25)23(21)28-15-16-5-2-1-3-6-16/h1-12H,15H2. The van der Waals surface area contributed by atoms with Gasteiger partial charge in [0.05, 0.1) is 32.2 Å². The lowest BCUT2D eigenvalue weighted by molar-refractivity contribution is 0.302. The molecule has 0 bridgehead atoms. The van der Waals surface area contributed by atoms with Crippen molar-refractivity contribution in [2.24, 2.45) is 0 Å². The minimum absolute atomic E-state index is 0.456. The summed E-state index contributed by atoms with van der Waals surface area (Å²) in [4.78, 5) is 0. The molecule has 0 fully saturated rings. The van der Waals surface area contributed by atoms with E-state index in [0.717, 1.165) is 20.1 Å². The zero-order valence-electron chi connectivity index (χ0n) is 14.7. The van der Waals surface area contributed by atoms with Crippen LogP contribution in [0.4, 0.5) is 0 Å². The van der Waals surface area contributed by atoms with Gasteiger partial charge in [-0.05, 0) is 78.9 Å². The average Bonchev–Trinajstić information content (AvgIpc) is 2.72. The third kappa shape index (κ3) is 4.89. The van der Waals surface area contributed by atoms with Crippen LogP contribution in [0.3, 0.4) is 0 Å². The monoisotopic (exact) mass is 492 g/mol. The molecule has 0 aliphatic carbocycles. The number of halogens is 2. The Morgan fingerprint density at radius 1 is 0.929 bits per heavy atom. The zero-order valence-corrected chi connectivity index (χ0v) is 17.9. The number of nitriles is 2. The van der Waals surface area contributed by atoms with Gasteiger partial charge < -0.3 is 4.74 Å². The highest BCUT2D eigenvalue weighted by Crippen LogP contribution is 2.36. The van der Waals surface area contributed by atoms with Crippen molar-refractivity contribution < 1.29 is 4.74 Å². The fraction of sp³-hybridized carbons (Fsp3) is 0.0435. The Bertz CT molecular complexity index is 1090. The van der Waals surface area contributed by atoms with E-state index in [4.69, 9.17) is 10.00 Å². The zero-order chi connectivity index (χ0) is 19.9. The minimum atomic E-state index is 0.456. The highest BCUT2D eigenvalue weighted by Gasteiger charge is 2.10. The van der Waals surface area contributed by atoms with Gasteiger partial charge in [0, 0.05) is 0 Å². The van der Waals surface area contributed by atoms with Crippen molar-refractivity contribution in [3.63, 3.8) is 0 Å². The summed E-state index contributed by atoms with van der Waals surface area (Å²) < 4.78 is 7.51. The second-order valence-corrected chi connectivity index (χ2v) is 7.66. The Labute approximate surface area is 180 Å². The Kier molecular flexibility index (Phi) is 6.66. The summed E-state index contributed by atoms with van der Waals surface area (Å²) in [5.41, 5.74) is 3.62. The summed E-state index contributed by atoms with van der Waals surface area (Å²) in [5, 5.41) is 18.6. The van der Waals surface area contributed by atoms with Crippen LogP contribution in [0.25, 0.3) is 11.6 Å². The molecule has 5 heteroatoms. The molecule has 3 nitrogen and oxygen atoms in total. The molecule has 3 aromatic rings. The van der Waals surface area contributed by atoms with Crippen molar-refractivity contribution >= 4 is 43.5 Å². The lowest BCUT2D eigenvalue weighted by Crippen LogP contribution is -1.97. The van der Waals surface area contributed by atoms with Gasteiger partial charge in [0.25, 0.3) is 0 Å². The lowest BCUT2D eigenvalue weighted by Gasteiger charge is -2.12. The Morgan fingerprint density at radius 3 is 2.29 bits per heavy atom. The van der Waals surface area contributed by atoms with Crippen LogP contribution in [0.1, 0.15) is 22.3 Å². The van der Waals surface area contributed by atoms with Crippen LogP contribution in [0.2, 0.25) is 0 Å². The molecule has 0 saturated carbocycles. The normalized spacial score (nSPS) is 10.8. The average molecular weight is 494 g/mol. The van der Waals surface area contributed by atoms with Gasteiger partial charge in [-0.3, -0.25) is 0 Å². The predicted octanol–water partition coefficient (Wildman–Crippen LogP) is 6.73. The summed E-state index contributed by atoms with van der Waals surface area (Å²) in [7, 11) is 0. The largest absolute Gasteiger partial charge is 0.487 e. The number of ether oxygens (including phenoxy) is 1. The maximum Gasteiger partial charge on any atom is 0.148 e. The van der Waals surface area contributed by atoms with Gasteiger partial charge in [-0.2, -0.15) is 10.5 Å². The first kappa shape index (κ1) is 19.9. The highest BCUT2D eigenvalue weighted by atomic mass is 79.9. The first-order chi connectivity index (χ1) is 13.6. The number of benzene rings is 3. The van der Waals surface area contributed by atoms with Crippen molar-refractivity contribution in [2.45, 2.75) is 6.61 Å². The van der Waals surface area contributed by atoms with E-state index in [9.17, 15) is 5.26 Å². The van der Waals surface area contributed by atoms with E-state index in [2.05, 4.69) is 44.0 Å². The fourth-order valence-corrected chi connectivity index (χ4v) is 4.08. The van der Waals surface area contributed by atoms with E-state index in [-0.39, 0.29) is 0 Å². The molecule has 0 aliphatic heterocycles. The molecule has 0 unspecified atom stereocenters. The van der Waals surface area contributed by atoms with Crippen LogP contribution in [0, 0.1) is 22.7 Å². The SMILES string of the molecule is N#CC(=Cc1cc(Br)c(OCc2ccccc2)c(Br)c1)c1cccc(C#N)c1. The van der Waals surface area contributed by atoms with Crippen LogP contribution >= 0.6 is 31.9 Å². The summed E-state index contributed by atoms with van der Waals surface area (Å²) in [6, 6.07) is 25.0. The first-order valence-corrected chi connectivity index (χ1v) is 9.97. The van der Waals surface area contributed by atoms with E-state index in [1.54, 1.807) is 24.3 Å². The third-order valence-corrected chi connectivity index (χ3v) is 5.16. The van der Waals surface area contributed by atoms with E-state index in [1.165, 1.54) is 0 Å². The summed E-state index contributed by atoms with van der Waals surface area (Å²) >= 11 is 7.10. The first-order valence-electron chi connectivity index (χ1n) is 8.39. The highest BCUT2D eigenvalue weighted by molar-refractivity contribution is 9.11. The molecule has 136 valence electrons. The van der Waals surface area contributed by atoms with Crippen LogP contribution < -0.4 is 4.74 Å². The number of rotatable bonds is 5. The van der Waals surface area contributed by atoms with Crippen LogP contribution in [-0.2, 0) is 6.61 Å². The second kappa shape index (κ2) is 9.37. The van der Waals surface area contributed by atoms with Gasteiger partial charge >= 0.3 is 0 Å². The number of allylic oxidation sites excluding steroid dienone is 1. The molecule has 3 rings (SSSR count). The Balaban J connectivity index is 1.87. The van der Waals surface area contributed by atoms with Gasteiger partial charge in [0.1, 0.15) is 12.4 Å². The van der Waals surface area contributed by atoms with Gasteiger partial charge in [-0.15, -0.1) is 0 Å². The maximum absolute atomic E-state index is 9.56. The second-order valence-electron chi connectivity index (χ2n) is 5.95. The number of hydrogen-bond donors (Lipinski definition) is 0. The number of hydrogen-bond acceptors (Lipinski definition) is 3. The van der Waals surface area contributed by atoms with Crippen LogP contribution in [0.15, 0.2) is 75.7 Å². The fourth-order valence-electron chi connectivity index (χ4n) is 2.63. The van der Waals surface area contributed by atoms with Gasteiger partial charge in [0.15, 0.2) is 0 Å². The van der Waals surface area contributed by atoms with Gasteiger partial charge in [-0.25, -0.2) is 0 Å². The lowest BCUT2D eigenvalue weighted by atomic mass is 10.0. The predicted molar refractivity (Wildman–Crippen MR) is 117 cm³/mol. The van der Waals surface area contributed by atoms with Crippen molar-refractivity contribution in [1.82, 2.24) is 0 Å². The molecule has 0 heterocycles. The Morgan fingerprint density at radius 2 is 1.64 bits per heavy atom. The summed E-state index contributed by atoms with van der Waals surface area (Å²) in [6.07, 6.45) is 1.78. The van der Waals surface area contributed by atoms with E-state index in [1.807, 2.05) is 48.5 Å². The quantitative estimate of drug-likeness (QED) is 0.292.